The first-order chi connectivity index (χ1) is 9.67. The van der Waals surface area contributed by atoms with Crippen molar-refractivity contribution < 1.29 is 14.6 Å². The van der Waals surface area contributed by atoms with Gasteiger partial charge in [-0.15, -0.1) is 0 Å². The lowest BCUT2D eigenvalue weighted by molar-refractivity contribution is 0.0526. The molecule has 0 amide bonds. The van der Waals surface area contributed by atoms with Crippen LogP contribution in [0.2, 0.25) is 0 Å². The van der Waals surface area contributed by atoms with Crippen LogP contribution in [0.25, 0.3) is 15.3 Å². The van der Waals surface area contributed by atoms with E-state index in [4.69, 9.17) is 4.74 Å². The quantitative estimate of drug-likeness (QED) is 0.749. The standard InChI is InChI=1S/C13H11N3O3S/c1-2-19-12(18)8-6-14-16(7-8)13-15-10-4-3-9(17)5-11(10)20-13/h3-7,17H,2H2,1H3. The number of ether oxygens (including phenoxy) is 1. The lowest BCUT2D eigenvalue weighted by Gasteiger charge is -1.96. The van der Waals surface area contributed by atoms with Crippen molar-refractivity contribution >= 4 is 27.5 Å². The molecule has 1 N–H and O–H groups in total. The zero-order valence-corrected chi connectivity index (χ0v) is 11.4. The van der Waals surface area contributed by atoms with E-state index in [0.717, 1.165) is 10.2 Å². The summed E-state index contributed by atoms with van der Waals surface area (Å²) < 4.78 is 7.29. The van der Waals surface area contributed by atoms with E-state index < -0.39 is 5.97 Å². The van der Waals surface area contributed by atoms with E-state index in [1.54, 1.807) is 31.3 Å². The molecule has 0 atom stereocenters. The molecule has 20 heavy (non-hydrogen) atoms. The number of carbonyl (C=O) groups excluding carboxylic acids is 1. The Hall–Kier alpha value is -2.41. The molecule has 7 heteroatoms. The van der Waals surface area contributed by atoms with Crippen LogP contribution in [0.1, 0.15) is 17.3 Å². The number of phenolic OH excluding ortho intramolecular Hbond substituents is 1. The highest BCUT2D eigenvalue weighted by Crippen LogP contribution is 2.27. The van der Waals surface area contributed by atoms with Crippen LogP contribution in [0.3, 0.4) is 0 Å². The lowest BCUT2D eigenvalue weighted by Crippen LogP contribution is -2.03. The number of esters is 1. The monoisotopic (exact) mass is 289 g/mol. The number of benzene rings is 1. The number of aromatic hydroxyl groups is 1. The first kappa shape index (κ1) is 12.6. The summed E-state index contributed by atoms with van der Waals surface area (Å²) in [5.74, 6) is -0.210. The van der Waals surface area contributed by atoms with Gasteiger partial charge in [0.25, 0.3) is 0 Å². The van der Waals surface area contributed by atoms with Gasteiger partial charge in [0.05, 0.1) is 28.6 Å². The molecular weight excluding hydrogens is 278 g/mol. The number of fused-ring (bicyclic) bond motifs is 1. The summed E-state index contributed by atoms with van der Waals surface area (Å²) in [5.41, 5.74) is 1.16. The van der Waals surface area contributed by atoms with Crippen LogP contribution in [0.4, 0.5) is 0 Å². The Morgan fingerprint density at radius 2 is 2.35 bits per heavy atom. The van der Waals surface area contributed by atoms with Crippen LogP contribution in [0, 0.1) is 0 Å². The average Bonchev–Trinajstić information content (AvgIpc) is 3.04. The van der Waals surface area contributed by atoms with E-state index >= 15 is 0 Å². The normalized spacial score (nSPS) is 10.8. The number of hydrogen-bond acceptors (Lipinski definition) is 6. The molecule has 0 aliphatic rings. The second kappa shape index (κ2) is 4.93. The summed E-state index contributed by atoms with van der Waals surface area (Å²) >= 11 is 1.38. The van der Waals surface area contributed by atoms with E-state index in [-0.39, 0.29) is 5.75 Å². The predicted octanol–water partition coefficient (Wildman–Crippen LogP) is 2.36. The fourth-order valence-electron chi connectivity index (χ4n) is 1.75. The fourth-order valence-corrected chi connectivity index (χ4v) is 2.68. The van der Waals surface area contributed by atoms with Gasteiger partial charge in [0.1, 0.15) is 5.75 Å². The number of nitrogens with zero attached hydrogens (tertiary/aromatic N) is 3. The molecule has 1 aromatic carbocycles. The van der Waals surface area contributed by atoms with Gasteiger partial charge in [-0.2, -0.15) is 5.10 Å². The second-order valence-corrected chi connectivity index (χ2v) is 5.05. The molecule has 0 radical (unpaired) electrons. The van der Waals surface area contributed by atoms with E-state index in [9.17, 15) is 9.90 Å². The van der Waals surface area contributed by atoms with Gasteiger partial charge in [-0.3, -0.25) is 0 Å². The molecule has 3 rings (SSSR count). The average molecular weight is 289 g/mol. The van der Waals surface area contributed by atoms with Gasteiger partial charge in [0.2, 0.25) is 5.13 Å². The highest BCUT2D eigenvalue weighted by molar-refractivity contribution is 7.20. The highest BCUT2D eigenvalue weighted by atomic mass is 32.1. The van der Waals surface area contributed by atoms with Gasteiger partial charge in [0.15, 0.2) is 0 Å². The summed E-state index contributed by atoms with van der Waals surface area (Å²) in [4.78, 5) is 16.0. The SMILES string of the molecule is CCOC(=O)c1cnn(-c2nc3ccc(O)cc3s2)c1. The topological polar surface area (TPSA) is 77.2 Å². The Morgan fingerprint density at radius 1 is 1.50 bits per heavy atom. The Kier molecular flexibility index (Phi) is 3.11. The van der Waals surface area contributed by atoms with E-state index in [0.29, 0.717) is 17.3 Å². The molecule has 0 saturated heterocycles. The number of phenols is 1. The maximum atomic E-state index is 11.6. The first-order valence-corrected chi connectivity index (χ1v) is 6.80. The van der Waals surface area contributed by atoms with E-state index in [1.165, 1.54) is 22.2 Å². The van der Waals surface area contributed by atoms with E-state index in [1.807, 2.05) is 0 Å². The zero-order valence-electron chi connectivity index (χ0n) is 10.6. The molecule has 0 aliphatic carbocycles. The Morgan fingerprint density at radius 3 is 3.15 bits per heavy atom. The van der Waals surface area contributed by atoms with Crippen molar-refractivity contribution in [3.63, 3.8) is 0 Å². The molecule has 0 unspecified atom stereocenters. The third kappa shape index (κ3) is 2.23. The molecule has 2 heterocycles. The van der Waals surface area contributed by atoms with Gasteiger partial charge in [-0.1, -0.05) is 11.3 Å². The number of aromatic nitrogens is 3. The largest absolute Gasteiger partial charge is 0.508 e. The summed E-state index contributed by atoms with van der Waals surface area (Å²) in [6.07, 6.45) is 3.02. The minimum Gasteiger partial charge on any atom is -0.508 e. The molecule has 2 aromatic heterocycles. The maximum Gasteiger partial charge on any atom is 0.341 e. The van der Waals surface area contributed by atoms with Crippen LogP contribution in [0.5, 0.6) is 5.75 Å². The maximum absolute atomic E-state index is 11.6. The molecule has 3 aromatic rings. The van der Waals surface area contributed by atoms with Gasteiger partial charge >= 0.3 is 5.97 Å². The molecule has 0 fully saturated rings. The van der Waals surface area contributed by atoms with Crippen molar-refractivity contribution in [1.29, 1.82) is 0 Å². The number of thiazole rings is 1. The van der Waals surface area contributed by atoms with Crippen molar-refractivity contribution in [2.24, 2.45) is 0 Å². The van der Waals surface area contributed by atoms with E-state index in [2.05, 4.69) is 10.1 Å². The molecule has 0 saturated carbocycles. The van der Waals surface area contributed by atoms with Gasteiger partial charge in [-0.25, -0.2) is 14.5 Å². The first-order valence-electron chi connectivity index (χ1n) is 5.99. The molecule has 0 spiro atoms. The zero-order chi connectivity index (χ0) is 14.1. The third-order valence-corrected chi connectivity index (χ3v) is 3.66. The molecular formula is C13H11N3O3S. The molecule has 0 bridgehead atoms. The molecule has 102 valence electrons. The van der Waals surface area contributed by atoms with Crippen molar-refractivity contribution in [2.45, 2.75) is 6.92 Å². The minimum atomic E-state index is -0.405. The smallest absolute Gasteiger partial charge is 0.341 e. The van der Waals surface area contributed by atoms with Crippen LogP contribution in [0.15, 0.2) is 30.6 Å². The number of rotatable bonds is 3. The Labute approximate surface area is 118 Å². The fraction of sp³-hybridized carbons (Fsp3) is 0.154. The van der Waals surface area contributed by atoms with Crippen LogP contribution in [-0.2, 0) is 4.74 Å². The van der Waals surface area contributed by atoms with Gasteiger partial charge < -0.3 is 9.84 Å². The van der Waals surface area contributed by atoms with Gasteiger partial charge in [-0.05, 0) is 25.1 Å². The van der Waals surface area contributed by atoms with Crippen LogP contribution < -0.4 is 0 Å². The van der Waals surface area contributed by atoms with Crippen LogP contribution in [-0.4, -0.2) is 32.4 Å². The minimum absolute atomic E-state index is 0.195. The summed E-state index contributed by atoms with van der Waals surface area (Å²) in [6.45, 7) is 2.08. The second-order valence-electron chi connectivity index (χ2n) is 4.04. The summed E-state index contributed by atoms with van der Waals surface area (Å²) in [5, 5.41) is 14.2. The molecule has 6 nitrogen and oxygen atoms in total. The molecule has 0 aliphatic heterocycles. The third-order valence-electron chi connectivity index (χ3n) is 2.65. The van der Waals surface area contributed by atoms with Gasteiger partial charge in [0, 0.05) is 6.20 Å². The van der Waals surface area contributed by atoms with Crippen molar-refractivity contribution in [1.82, 2.24) is 14.8 Å². The predicted molar refractivity (Wildman–Crippen MR) is 74.4 cm³/mol. The van der Waals surface area contributed by atoms with Crippen molar-refractivity contribution in [3.8, 4) is 10.9 Å². The lowest BCUT2D eigenvalue weighted by atomic mass is 10.3. The van der Waals surface area contributed by atoms with Crippen LogP contribution >= 0.6 is 11.3 Å². The number of carbonyl (C=O) groups is 1. The van der Waals surface area contributed by atoms with Crippen molar-refractivity contribution in [3.05, 3.63) is 36.2 Å². The highest BCUT2D eigenvalue weighted by Gasteiger charge is 2.12. The summed E-state index contributed by atoms with van der Waals surface area (Å²) in [6, 6.07) is 4.96. The summed E-state index contributed by atoms with van der Waals surface area (Å²) in [7, 11) is 0. The Bertz CT molecular complexity index is 778. The number of hydrogen-bond donors (Lipinski definition) is 1. The Balaban J connectivity index is 1.96. The van der Waals surface area contributed by atoms with Crippen molar-refractivity contribution in [2.75, 3.05) is 6.61 Å².